The maximum absolute atomic E-state index is 12.5. The van der Waals surface area contributed by atoms with E-state index in [1.807, 2.05) is 42.5 Å². The molecule has 2 aromatic carbocycles. The number of sulfonamides is 1. The van der Waals surface area contributed by atoms with Crippen molar-refractivity contribution in [3.63, 3.8) is 0 Å². The molecule has 2 aromatic rings. The molecule has 2 aliphatic heterocycles. The van der Waals surface area contributed by atoms with Gasteiger partial charge in [0, 0.05) is 13.1 Å². The number of fused-ring (bicyclic) bond motifs is 1. The molecule has 1 amide bonds. The van der Waals surface area contributed by atoms with Crippen molar-refractivity contribution >= 4 is 21.6 Å². The number of rotatable bonds is 4. The van der Waals surface area contributed by atoms with E-state index in [4.69, 9.17) is 4.74 Å². The highest BCUT2D eigenvalue weighted by molar-refractivity contribution is 7.93. The predicted octanol–water partition coefficient (Wildman–Crippen LogP) is 2.09. The summed E-state index contributed by atoms with van der Waals surface area (Å²) in [6, 6.07) is 15.1. The maximum atomic E-state index is 12.5. The second-order valence-corrected chi connectivity index (χ2v) is 8.96. The molecule has 142 valence electrons. The smallest absolute Gasteiger partial charge is 0.235 e. The molecule has 1 fully saturated rings. The highest BCUT2D eigenvalue weighted by Gasteiger charge is 2.29. The molecule has 0 aromatic heterocycles. The van der Waals surface area contributed by atoms with E-state index in [0.29, 0.717) is 38.2 Å². The largest absolute Gasteiger partial charge is 0.492 e. The van der Waals surface area contributed by atoms with Gasteiger partial charge in [-0.1, -0.05) is 30.3 Å². The summed E-state index contributed by atoms with van der Waals surface area (Å²) in [5, 5.41) is 2.95. The molecule has 4 rings (SSSR count). The summed E-state index contributed by atoms with van der Waals surface area (Å²) in [4.78, 5) is 12.5. The summed E-state index contributed by atoms with van der Waals surface area (Å²) >= 11 is 0. The number of para-hydroxylation sites is 1. The summed E-state index contributed by atoms with van der Waals surface area (Å²) in [5.74, 6) is 0.767. The van der Waals surface area contributed by atoms with Gasteiger partial charge in [-0.2, -0.15) is 0 Å². The fraction of sp³-hybridized carbons (Fsp3) is 0.350. The lowest BCUT2D eigenvalue weighted by atomic mass is 9.96. The molecule has 0 spiro atoms. The Balaban J connectivity index is 1.39. The molecule has 2 aliphatic rings. The first-order valence-corrected chi connectivity index (χ1v) is 10.7. The molecule has 7 heteroatoms. The summed E-state index contributed by atoms with van der Waals surface area (Å²) in [6.45, 7) is 1.24. The van der Waals surface area contributed by atoms with Crippen LogP contribution in [0.25, 0.3) is 0 Å². The van der Waals surface area contributed by atoms with Crippen LogP contribution in [0.4, 0.5) is 5.69 Å². The van der Waals surface area contributed by atoms with Crippen molar-refractivity contribution in [3.05, 3.63) is 59.7 Å². The van der Waals surface area contributed by atoms with Crippen molar-refractivity contribution in [3.8, 4) is 5.75 Å². The van der Waals surface area contributed by atoms with Crippen LogP contribution >= 0.6 is 0 Å². The Morgan fingerprint density at radius 1 is 1.19 bits per heavy atom. The lowest BCUT2D eigenvalue weighted by molar-refractivity contribution is -0.126. The molecule has 0 saturated carbocycles. The molecular formula is C20H22N2O4S. The minimum Gasteiger partial charge on any atom is -0.492 e. The topological polar surface area (TPSA) is 75.7 Å². The van der Waals surface area contributed by atoms with Crippen LogP contribution < -0.4 is 14.4 Å². The summed E-state index contributed by atoms with van der Waals surface area (Å²) < 4.78 is 31.3. The van der Waals surface area contributed by atoms with Crippen LogP contribution in [-0.4, -0.2) is 33.2 Å². The minimum atomic E-state index is -3.20. The number of anilines is 1. The van der Waals surface area contributed by atoms with Crippen molar-refractivity contribution in [2.24, 2.45) is 5.92 Å². The van der Waals surface area contributed by atoms with Gasteiger partial charge in [0.25, 0.3) is 0 Å². The third-order valence-electron chi connectivity index (χ3n) is 5.01. The number of carbonyl (C=O) groups excluding carboxylic acids is 1. The van der Waals surface area contributed by atoms with Crippen molar-refractivity contribution < 1.29 is 17.9 Å². The van der Waals surface area contributed by atoms with Crippen LogP contribution in [0, 0.1) is 5.92 Å². The first-order chi connectivity index (χ1) is 13.0. The number of ether oxygens (including phenoxy) is 1. The van der Waals surface area contributed by atoms with Gasteiger partial charge in [0.05, 0.1) is 17.4 Å². The van der Waals surface area contributed by atoms with Crippen LogP contribution in [0.3, 0.4) is 0 Å². The van der Waals surface area contributed by atoms with Gasteiger partial charge < -0.3 is 10.1 Å². The van der Waals surface area contributed by atoms with Crippen molar-refractivity contribution in [1.29, 1.82) is 0 Å². The fourth-order valence-corrected chi connectivity index (χ4v) is 5.14. The third kappa shape index (κ3) is 3.78. The third-order valence-corrected chi connectivity index (χ3v) is 6.88. The number of nitrogens with one attached hydrogen (secondary N) is 1. The van der Waals surface area contributed by atoms with Gasteiger partial charge in [0.1, 0.15) is 12.4 Å². The lowest BCUT2D eigenvalue weighted by Crippen LogP contribution is -2.37. The Morgan fingerprint density at radius 2 is 2.04 bits per heavy atom. The van der Waals surface area contributed by atoms with Gasteiger partial charge in [-0.3, -0.25) is 9.10 Å². The Hall–Kier alpha value is -2.54. The molecule has 1 unspecified atom stereocenters. The Morgan fingerprint density at radius 3 is 2.85 bits per heavy atom. The number of hydrogen-bond acceptors (Lipinski definition) is 4. The molecule has 0 aliphatic carbocycles. The van der Waals surface area contributed by atoms with E-state index in [1.54, 1.807) is 6.07 Å². The average Bonchev–Trinajstić information content (AvgIpc) is 3.05. The maximum Gasteiger partial charge on any atom is 0.235 e. The molecule has 1 atom stereocenters. The molecule has 27 heavy (non-hydrogen) atoms. The Bertz CT molecular complexity index is 958. The highest BCUT2D eigenvalue weighted by Crippen LogP contribution is 2.27. The normalized spacial score (nSPS) is 20.6. The van der Waals surface area contributed by atoms with E-state index in [2.05, 4.69) is 5.32 Å². The molecule has 0 bridgehead atoms. The molecular weight excluding hydrogens is 364 g/mol. The molecule has 1 saturated heterocycles. The summed E-state index contributed by atoms with van der Waals surface area (Å²) in [6.07, 6.45) is 1.31. The second kappa shape index (κ2) is 7.23. The van der Waals surface area contributed by atoms with Crippen molar-refractivity contribution in [1.82, 2.24) is 5.32 Å². The average molecular weight is 386 g/mol. The molecule has 1 N–H and O–H groups in total. The predicted molar refractivity (Wildman–Crippen MR) is 103 cm³/mol. The molecule has 6 nitrogen and oxygen atoms in total. The van der Waals surface area contributed by atoms with Crippen LogP contribution in [0.1, 0.15) is 17.5 Å². The van der Waals surface area contributed by atoms with Gasteiger partial charge in [-0.15, -0.1) is 0 Å². The van der Waals surface area contributed by atoms with Gasteiger partial charge >= 0.3 is 0 Å². The number of amides is 1. The first kappa shape index (κ1) is 17.9. The van der Waals surface area contributed by atoms with Crippen LogP contribution in [0.15, 0.2) is 48.5 Å². The lowest BCUT2D eigenvalue weighted by Gasteiger charge is -2.24. The number of hydrogen-bond donors (Lipinski definition) is 1. The van der Waals surface area contributed by atoms with Crippen molar-refractivity contribution in [2.45, 2.75) is 19.4 Å². The SMILES string of the molecule is O=C(NCc1cccc(N2CCCS2(=O)=O)c1)C1COc2ccccc2C1. The van der Waals surface area contributed by atoms with E-state index in [-0.39, 0.29) is 17.6 Å². The molecule has 0 radical (unpaired) electrons. The van der Waals surface area contributed by atoms with E-state index >= 15 is 0 Å². The Kier molecular flexibility index (Phi) is 4.78. The Labute approximate surface area is 159 Å². The first-order valence-electron chi connectivity index (χ1n) is 9.11. The zero-order valence-corrected chi connectivity index (χ0v) is 15.7. The quantitative estimate of drug-likeness (QED) is 0.873. The van der Waals surface area contributed by atoms with Crippen LogP contribution in [0.5, 0.6) is 5.75 Å². The van der Waals surface area contributed by atoms with Crippen LogP contribution in [-0.2, 0) is 27.8 Å². The summed E-state index contributed by atoms with van der Waals surface area (Å²) in [5.41, 5.74) is 2.58. The zero-order chi connectivity index (χ0) is 18.9. The molecule has 2 heterocycles. The van der Waals surface area contributed by atoms with E-state index in [1.165, 1.54) is 4.31 Å². The van der Waals surface area contributed by atoms with E-state index < -0.39 is 10.0 Å². The van der Waals surface area contributed by atoms with E-state index in [0.717, 1.165) is 16.9 Å². The van der Waals surface area contributed by atoms with Crippen LogP contribution in [0.2, 0.25) is 0 Å². The standard InChI is InChI=1S/C20H22N2O4S/c23-20(17-12-16-6-1-2-8-19(16)26-14-17)21-13-15-5-3-7-18(11-15)22-9-4-10-27(22,24)25/h1-3,5-8,11,17H,4,9-10,12-14H2,(H,21,23). The zero-order valence-electron chi connectivity index (χ0n) is 14.9. The monoisotopic (exact) mass is 386 g/mol. The number of carbonyl (C=O) groups is 1. The highest BCUT2D eigenvalue weighted by atomic mass is 32.2. The fourth-order valence-electron chi connectivity index (χ4n) is 3.58. The number of benzene rings is 2. The van der Waals surface area contributed by atoms with Gasteiger partial charge in [-0.25, -0.2) is 8.42 Å². The van der Waals surface area contributed by atoms with Gasteiger partial charge in [0.15, 0.2) is 0 Å². The van der Waals surface area contributed by atoms with Crippen molar-refractivity contribution in [2.75, 3.05) is 23.2 Å². The number of nitrogens with zero attached hydrogens (tertiary/aromatic N) is 1. The summed E-state index contributed by atoms with van der Waals surface area (Å²) in [7, 11) is -3.20. The van der Waals surface area contributed by atoms with Gasteiger partial charge in [0.2, 0.25) is 15.9 Å². The van der Waals surface area contributed by atoms with Gasteiger partial charge in [-0.05, 0) is 42.2 Å². The second-order valence-electron chi connectivity index (χ2n) is 6.95. The van der Waals surface area contributed by atoms with E-state index in [9.17, 15) is 13.2 Å². The minimum absolute atomic E-state index is 0.0521.